The second-order valence-corrected chi connectivity index (χ2v) is 21.1. The molecule has 4 N–H and O–H groups in total. The highest BCUT2D eigenvalue weighted by atomic mass is 35.5. The maximum atomic E-state index is 13.6. The third-order valence-electron chi connectivity index (χ3n) is 11.0. The Labute approximate surface area is 460 Å². The van der Waals surface area contributed by atoms with Gasteiger partial charge in [-0.25, -0.2) is 27.5 Å². The minimum absolute atomic E-state index is 0.00885. The minimum atomic E-state index is -1.86. The van der Waals surface area contributed by atoms with Crippen molar-refractivity contribution in [2.75, 3.05) is 136 Å². The lowest BCUT2D eigenvalue weighted by Gasteiger charge is -2.40. The number of rotatable bonds is 36. The monoisotopic (exact) mass is 1170 g/mol. The fraction of sp³-hybridized carbons (Fsp3) is 0.673. The summed E-state index contributed by atoms with van der Waals surface area (Å²) in [6, 6.07) is 2.67. The van der Waals surface area contributed by atoms with Crippen LogP contribution in [0.1, 0.15) is 64.8 Å². The molecule has 2 saturated heterocycles. The molecule has 2 fully saturated rings. The van der Waals surface area contributed by atoms with E-state index in [4.69, 9.17) is 68.9 Å². The van der Waals surface area contributed by atoms with Gasteiger partial charge in [0.15, 0.2) is 31.9 Å². The quantitative estimate of drug-likeness (QED) is 0.0139. The molecule has 1 aromatic carbocycles. The van der Waals surface area contributed by atoms with Gasteiger partial charge in [0.25, 0.3) is 0 Å². The number of hydrogen-bond donors (Lipinski definition) is 4. The van der Waals surface area contributed by atoms with Gasteiger partial charge >= 0.3 is 5.97 Å². The van der Waals surface area contributed by atoms with Crippen molar-refractivity contribution in [3.8, 4) is 5.75 Å². The van der Waals surface area contributed by atoms with E-state index in [1.807, 2.05) is 10.7 Å². The predicted molar refractivity (Wildman–Crippen MR) is 284 cm³/mol. The first-order valence-electron chi connectivity index (χ1n) is 25.9. The largest absolute Gasteiger partial charge is 0.420 e. The second-order valence-electron chi connectivity index (χ2n) is 17.5. The van der Waals surface area contributed by atoms with E-state index < -0.39 is 45.7 Å². The van der Waals surface area contributed by atoms with Crippen LogP contribution in [0.25, 0.3) is 11.0 Å². The molecule has 6 rings (SSSR count). The summed E-state index contributed by atoms with van der Waals surface area (Å²) in [6.07, 6.45) is 7.50. The summed E-state index contributed by atoms with van der Waals surface area (Å²) in [5, 5.41) is 17.0. The van der Waals surface area contributed by atoms with Crippen LogP contribution in [0, 0.1) is 23.4 Å². The first kappa shape index (κ1) is 66.7. The van der Waals surface area contributed by atoms with Gasteiger partial charge in [-0.3, -0.25) is 9.59 Å². The average molecular weight is 1170 g/mol. The van der Waals surface area contributed by atoms with Crippen LogP contribution in [-0.4, -0.2) is 194 Å². The third kappa shape index (κ3) is 25.7. The average Bonchev–Trinajstić information content (AvgIpc) is 4.16. The predicted octanol–water partition coefficient (Wildman–Crippen LogP) is 5.74. The summed E-state index contributed by atoms with van der Waals surface area (Å²) in [6.45, 7) is 15.4. The van der Waals surface area contributed by atoms with E-state index in [1.54, 1.807) is 23.7 Å². The number of halogens is 4. The number of hydrogen-bond acceptors (Lipinski definition) is 20. The fourth-order valence-corrected chi connectivity index (χ4v) is 8.89. The maximum absolute atomic E-state index is 13.6. The van der Waals surface area contributed by atoms with Crippen LogP contribution in [0.15, 0.2) is 30.6 Å². The Morgan fingerprint density at radius 2 is 1.36 bits per heavy atom. The zero-order valence-corrected chi connectivity index (χ0v) is 47.3. The van der Waals surface area contributed by atoms with Crippen LogP contribution in [-0.2, 0) is 65.4 Å². The molecule has 0 bridgehead atoms. The first-order chi connectivity index (χ1) is 37.7. The molecule has 29 heteroatoms. The van der Waals surface area contributed by atoms with Crippen LogP contribution < -0.4 is 15.0 Å². The Bertz CT molecular complexity index is 2280. The standard InChI is InChI=1S/C44H60ClF3N8O12.C3H8.C2H8O3P2/c1-2-34-3-4-40(67-34)56-43-35(26-50-56)38(25-39(45)51-43)54-27-31(28-54)44(58)49-6-9-60-12-15-63-19-20-65-21-22-66-30-33-29-55(53-52-33)7-10-61-13-16-64-18-17-62-14-11-59-8-5-41(57)68-42-36(47)23-32(46)24-37(42)48;1-3-2;1-6(3)2-7(4)5/h23-26,29,31,34,40H,2-22,27-28,30H2,1H3,(H,49,58);3H2,1-2H3;3-5H,2H2,1H3. The van der Waals surface area contributed by atoms with Crippen molar-refractivity contribution in [1.29, 1.82) is 0 Å². The molecule has 1 amide bonds. The topological polar surface area (TPSA) is 264 Å². The number of carbonyl (C=O) groups excluding carboxylic acids is 2. The van der Waals surface area contributed by atoms with E-state index in [1.165, 1.54) is 6.42 Å². The number of aromatic nitrogens is 6. The smallest absolute Gasteiger partial charge is 0.313 e. The zero-order chi connectivity index (χ0) is 56.5. The van der Waals surface area contributed by atoms with Gasteiger partial charge in [-0.05, 0) is 32.0 Å². The van der Waals surface area contributed by atoms with E-state index in [9.17, 15) is 22.8 Å². The number of carbonyl (C=O) groups is 2. The molecule has 2 aliphatic heterocycles. The Kier molecular flexibility index (Phi) is 33.1. The molecule has 3 unspecified atom stereocenters. The van der Waals surface area contributed by atoms with Gasteiger partial charge in [-0.15, -0.1) is 5.10 Å². The highest BCUT2D eigenvalue weighted by Gasteiger charge is 2.35. The fourth-order valence-electron chi connectivity index (χ4n) is 7.24. The Balaban J connectivity index is 0.00000120. The number of benzene rings is 1. The van der Waals surface area contributed by atoms with E-state index in [2.05, 4.69) is 56.1 Å². The lowest BCUT2D eigenvalue weighted by atomic mass is 9.98. The molecular weight excluding hydrogens is 1090 g/mol. The van der Waals surface area contributed by atoms with E-state index >= 15 is 0 Å². The van der Waals surface area contributed by atoms with Gasteiger partial charge in [0.05, 0.1) is 160 Å². The molecule has 4 aromatic rings. The number of nitrogens with zero attached hydrogens (tertiary/aromatic N) is 7. The number of amides is 1. The normalized spacial score (nSPS) is 15.7. The molecule has 0 spiro atoms. The van der Waals surface area contributed by atoms with Gasteiger partial charge in [-0.2, -0.15) is 5.10 Å². The Morgan fingerprint density at radius 1 is 0.795 bits per heavy atom. The molecule has 5 heterocycles. The molecule has 3 atom stereocenters. The summed E-state index contributed by atoms with van der Waals surface area (Å²) in [5.74, 6) is -5.58. The number of fused-ring (bicyclic) bond motifs is 1. The molecule has 0 saturated carbocycles. The zero-order valence-electron chi connectivity index (χ0n) is 44.8. The van der Waals surface area contributed by atoms with Crippen molar-refractivity contribution in [3.05, 3.63) is 58.9 Å². The van der Waals surface area contributed by atoms with Gasteiger partial charge in [0.1, 0.15) is 16.7 Å². The lowest BCUT2D eigenvalue weighted by molar-refractivity contribution is -0.136. The van der Waals surface area contributed by atoms with Crippen LogP contribution >= 0.6 is 28.1 Å². The van der Waals surface area contributed by atoms with Gasteiger partial charge in [0.2, 0.25) is 11.7 Å². The minimum Gasteiger partial charge on any atom is -0.420 e. The lowest BCUT2D eigenvalue weighted by Crippen LogP contribution is -2.54. The molecule has 440 valence electrons. The first-order valence-corrected chi connectivity index (χ1v) is 29.6. The third-order valence-corrected chi connectivity index (χ3v) is 13.8. The summed E-state index contributed by atoms with van der Waals surface area (Å²) in [4.78, 5) is 56.0. The van der Waals surface area contributed by atoms with Crippen molar-refractivity contribution in [2.24, 2.45) is 5.92 Å². The van der Waals surface area contributed by atoms with Gasteiger partial charge in [0, 0.05) is 39.9 Å². The number of anilines is 1. The van der Waals surface area contributed by atoms with Crippen molar-refractivity contribution in [2.45, 2.75) is 78.4 Å². The highest BCUT2D eigenvalue weighted by Crippen LogP contribution is 2.40. The van der Waals surface area contributed by atoms with Crippen molar-refractivity contribution >= 4 is 56.7 Å². The molecule has 2 aliphatic rings. The summed E-state index contributed by atoms with van der Waals surface area (Å²) in [5.41, 5.74) is 2.30. The van der Waals surface area contributed by atoms with Crippen molar-refractivity contribution < 1.29 is 84.8 Å². The van der Waals surface area contributed by atoms with Crippen LogP contribution in [0.5, 0.6) is 5.75 Å². The summed E-state index contributed by atoms with van der Waals surface area (Å²) in [7, 11) is -2.97. The number of ether oxygens (including phenoxy) is 10. The van der Waals surface area contributed by atoms with Crippen LogP contribution in [0.4, 0.5) is 18.9 Å². The van der Waals surface area contributed by atoms with Crippen LogP contribution in [0.2, 0.25) is 5.15 Å². The summed E-state index contributed by atoms with van der Waals surface area (Å²) < 4.78 is 98.3. The Morgan fingerprint density at radius 3 is 1.91 bits per heavy atom. The molecule has 3 aromatic heterocycles. The van der Waals surface area contributed by atoms with Crippen molar-refractivity contribution in [1.82, 2.24) is 35.1 Å². The molecule has 0 radical (unpaired) electrons. The van der Waals surface area contributed by atoms with Gasteiger partial charge in [-0.1, -0.05) is 44.0 Å². The number of nitrogens with one attached hydrogen (secondary N) is 1. The van der Waals surface area contributed by atoms with E-state index in [0.717, 1.165) is 30.3 Å². The van der Waals surface area contributed by atoms with E-state index in [0.29, 0.717) is 141 Å². The maximum Gasteiger partial charge on any atom is 0.313 e. The summed E-state index contributed by atoms with van der Waals surface area (Å²) >= 11 is 6.42. The van der Waals surface area contributed by atoms with Crippen molar-refractivity contribution in [3.63, 3.8) is 0 Å². The SMILES string of the molecule is CCC.CCC1CCC(n2ncc3c(N4CC(C(=O)NCCOCCOCCOCCOCc5cn(CCOCCOCCOCCOCCC(=O)Oc6c(F)cc(F)cc6F)nn5)C4)cc(Cl)nc32)O1.CP(O)CP(O)O. The number of pyridine rings is 1. The second kappa shape index (κ2) is 38.8. The molecule has 78 heavy (non-hydrogen) atoms. The molecule has 0 aliphatic carbocycles. The van der Waals surface area contributed by atoms with E-state index in [-0.39, 0.29) is 56.3 Å². The number of esters is 1. The highest BCUT2D eigenvalue weighted by molar-refractivity contribution is 7.65. The van der Waals surface area contributed by atoms with Crippen LogP contribution in [0.3, 0.4) is 0 Å². The molecule has 23 nitrogen and oxygen atoms in total. The Hall–Kier alpha value is -3.82. The molecular formula is C49H76ClF3N8O15P2. The van der Waals surface area contributed by atoms with Gasteiger partial charge < -0.3 is 72.3 Å².